The summed E-state index contributed by atoms with van der Waals surface area (Å²) >= 11 is 0. The van der Waals surface area contributed by atoms with E-state index in [1.807, 2.05) is 25.1 Å². The van der Waals surface area contributed by atoms with Gasteiger partial charge < -0.3 is 9.88 Å². The molecule has 0 bridgehead atoms. The van der Waals surface area contributed by atoms with Crippen LogP contribution in [0.15, 0.2) is 42.9 Å². The number of rotatable bonds is 3. The quantitative estimate of drug-likeness (QED) is 0.423. The SMILES string of the molecule is Cc1ccncc1-c1cc2c(-c3nc4nccc(N5CCCCC5)c4[nH]3)n[nH]c2cc1F. The maximum Gasteiger partial charge on any atom is 0.180 e. The molecule has 0 amide bonds. The van der Waals surface area contributed by atoms with Gasteiger partial charge in [0.05, 0.1) is 11.2 Å². The van der Waals surface area contributed by atoms with Crippen molar-refractivity contribution in [2.75, 3.05) is 18.0 Å². The molecule has 1 aromatic carbocycles. The molecule has 0 spiro atoms. The zero-order valence-corrected chi connectivity index (χ0v) is 17.7. The van der Waals surface area contributed by atoms with Gasteiger partial charge in [-0.25, -0.2) is 14.4 Å². The van der Waals surface area contributed by atoms with Crippen LogP contribution in [0, 0.1) is 12.7 Å². The molecule has 0 aliphatic carbocycles. The predicted molar refractivity (Wildman–Crippen MR) is 123 cm³/mol. The maximum absolute atomic E-state index is 14.9. The highest BCUT2D eigenvalue weighted by Gasteiger charge is 2.20. The molecule has 0 unspecified atom stereocenters. The van der Waals surface area contributed by atoms with E-state index in [9.17, 15) is 4.39 Å². The van der Waals surface area contributed by atoms with Crippen LogP contribution >= 0.6 is 0 Å². The number of aryl methyl sites for hydroxylation is 1. The van der Waals surface area contributed by atoms with Crippen LogP contribution in [0.5, 0.6) is 0 Å². The van der Waals surface area contributed by atoms with E-state index in [-0.39, 0.29) is 5.82 Å². The molecule has 8 heteroatoms. The van der Waals surface area contributed by atoms with Gasteiger partial charge in [-0.1, -0.05) is 0 Å². The molecule has 6 rings (SSSR count). The summed E-state index contributed by atoms with van der Waals surface area (Å²) in [7, 11) is 0. The highest BCUT2D eigenvalue weighted by atomic mass is 19.1. The molecule has 1 aliphatic heterocycles. The van der Waals surface area contributed by atoms with E-state index in [0.717, 1.165) is 40.8 Å². The Labute approximate surface area is 183 Å². The lowest BCUT2D eigenvalue weighted by atomic mass is 10.0. The van der Waals surface area contributed by atoms with Crippen molar-refractivity contribution in [2.24, 2.45) is 0 Å². The Morgan fingerprint density at radius 2 is 1.91 bits per heavy atom. The monoisotopic (exact) mass is 427 g/mol. The number of benzene rings is 1. The molecule has 0 radical (unpaired) electrons. The lowest BCUT2D eigenvalue weighted by Gasteiger charge is -2.28. The Morgan fingerprint density at radius 3 is 2.75 bits per heavy atom. The van der Waals surface area contributed by atoms with Gasteiger partial charge in [0.15, 0.2) is 11.5 Å². The molecule has 32 heavy (non-hydrogen) atoms. The second kappa shape index (κ2) is 7.40. The summed E-state index contributed by atoms with van der Waals surface area (Å²) in [5.74, 6) is 0.297. The first kappa shape index (κ1) is 18.9. The minimum Gasteiger partial charge on any atom is -0.370 e. The normalized spacial score (nSPS) is 14.5. The Kier molecular flexibility index (Phi) is 4.38. The molecule has 1 saturated heterocycles. The Balaban J connectivity index is 1.50. The molecular formula is C24H22FN7. The first-order valence-corrected chi connectivity index (χ1v) is 10.9. The van der Waals surface area contributed by atoms with E-state index in [2.05, 4.69) is 30.0 Å². The fourth-order valence-corrected chi connectivity index (χ4v) is 4.58. The highest BCUT2D eigenvalue weighted by molar-refractivity contribution is 5.97. The van der Waals surface area contributed by atoms with Gasteiger partial charge in [-0.2, -0.15) is 5.10 Å². The van der Waals surface area contributed by atoms with Crippen LogP contribution in [0.1, 0.15) is 24.8 Å². The van der Waals surface area contributed by atoms with Gasteiger partial charge in [-0.05, 0) is 49.9 Å². The van der Waals surface area contributed by atoms with Gasteiger partial charge in [0, 0.05) is 54.3 Å². The number of H-pyrrole nitrogens is 2. The third-order valence-electron chi connectivity index (χ3n) is 6.27. The molecule has 0 atom stereocenters. The minimum atomic E-state index is -0.317. The van der Waals surface area contributed by atoms with Gasteiger partial charge in [-0.15, -0.1) is 0 Å². The van der Waals surface area contributed by atoms with Crippen molar-refractivity contribution in [3.05, 3.63) is 54.2 Å². The molecule has 1 aliphatic rings. The standard InChI is InChI=1S/C24H22FN7/c1-14-5-7-26-13-17(14)15-11-16-19(12-18(15)25)30-31-21(16)24-28-22-20(6-8-27-23(22)29-24)32-9-3-2-4-10-32/h5-8,11-13H,2-4,9-10H2,1H3,(H,30,31)(H,27,28,29). The average molecular weight is 427 g/mol. The summed E-state index contributed by atoms with van der Waals surface area (Å²) in [6.07, 6.45) is 8.86. The molecule has 2 N–H and O–H groups in total. The second-order valence-electron chi connectivity index (χ2n) is 8.30. The largest absolute Gasteiger partial charge is 0.370 e. The highest BCUT2D eigenvalue weighted by Crippen LogP contribution is 2.34. The van der Waals surface area contributed by atoms with Crippen LogP contribution in [0.25, 0.3) is 44.7 Å². The number of nitrogens with one attached hydrogen (secondary N) is 2. The van der Waals surface area contributed by atoms with Crippen molar-refractivity contribution >= 4 is 27.8 Å². The third kappa shape index (κ3) is 3.02. The first-order chi connectivity index (χ1) is 15.7. The molecule has 0 saturated carbocycles. The summed E-state index contributed by atoms with van der Waals surface area (Å²) in [5.41, 5.74) is 6.16. The lowest BCUT2D eigenvalue weighted by Crippen LogP contribution is -2.29. The topological polar surface area (TPSA) is 86.4 Å². The van der Waals surface area contributed by atoms with E-state index in [1.54, 1.807) is 18.6 Å². The molecule has 7 nitrogen and oxygen atoms in total. The number of nitrogens with zero attached hydrogens (tertiary/aromatic N) is 5. The van der Waals surface area contributed by atoms with Crippen molar-refractivity contribution < 1.29 is 4.39 Å². The summed E-state index contributed by atoms with van der Waals surface area (Å²) in [6, 6.07) is 7.21. The second-order valence-corrected chi connectivity index (χ2v) is 8.30. The van der Waals surface area contributed by atoms with Crippen molar-refractivity contribution in [3.63, 3.8) is 0 Å². The third-order valence-corrected chi connectivity index (χ3v) is 6.27. The summed E-state index contributed by atoms with van der Waals surface area (Å²) < 4.78 is 14.9. The molecule has 5 aromatic rings. The molecular weight excluding hydrogens is 405 g/mol. The van der Waals surface area contributed by atoms with E-state index in [4.69, 9.17) is 4.98 Å². The van der Waals surface area contributed by atoms with Crippen LogP contribution in [0.3, 0.4) is 0 Å². The number of aromatic amines is 2. The van der Waals surface area contributed by atoms with Gasteiger partial charge in [-0.3, -0.25) is 10.1 Å². The number of fused-ring (bicyclic) bond motifs is 2. The first-order valence-electron chi connectivity index (χ1n) is 10.9. The summed E-state index contributed by atoms with van der Waals surface area (Å²) in [5, 5.41) is 8.20. The fourth-order valence-electron chi connectivity index (χ4n) is 4.58. The van der Waals surface area contributed by atoms with E-state index < -0.39 is 0 Å². The zero-order valence-electron chi connectivity index (χ0n) is 17.7. The molecule has 1 fully saturated rings. The Hall–Kier alpha value is -3.81. The fraction of sp³-hybridized carbons (Fsp3) is 0.250. The van der Waals surface area contributed by atoms with Crippen molar-refractivity contribution in [1.82, 2.24) is 30.1 Å². The Morgan fingerprint density at radius 1 is 1.03 bits per heavy atom. The lowest BCUT2D eigenvalue weighted by molar-refractivity contribution is 0.578. The number of halogens is 1. The number of anilines is 1. The Bertz CT molecular complexity index is 1450. The van der Waals surface area contributed by atoms with Crippen LogP contribution < -0.4 is 4.90 Å². The number of aromatic nitrogens is 6. The number of hydrogen-bond acceptors (Lipinski definition) is 5. The van der Waals surface area contributed by atoms with Gasteiger partial charge in [0.25, 0.3) is 0 Å². The van der Waals surface area contributed by atoms with Crippen molar-refractivity contribution in [2.45, 2.75) is 26.2 Å². The van der Waals surface area contributed by atoms with E-state index >= 15 is 0 Å². The maximum atomic E-state index is 14.9. The number of piperidine rings is 1. The van der Waals surface area contributed by atoms with Crippen molar-refractivity contribution in [1.29, 1.82) is 0 Å². The molecule has 4 aromatic heterocycles. The van der Waals surface area contributed by atoms with Crippen LogP contribution in [-0.2, 0) is 0 Å². The van der Waals surface area contributed by atoms with Crippen LogP contribution in [0.2, 0.25) is 0 Å². The number of pyridine rings is 2. The molecule has 5 heterocycles. The summed E-state index contributed by atoms with van der Waals surface area (Å²) in [4.78, 5) is 19.2. The van der Waals surface area contributed by atoms with E-state index in [0.29, 0.717) is 28.2 Å². The molecule has 160 valence electrons. The summed E-state index contributed by atoms with van der Waals surface area (Å²) in [6.45, 7) is 4.02. The van der Waals surface area contributed by atoms with Gasteiger partial charge >= 0.3 is 0 Å². The smallest absolute Gasteiger partial charge is 0.180 e. The minimum absolute atomic E-state index is 0.317. The number of hydrogen-bond donors (Lipinski definition) is 2. The predicted octanol–water partition coefficient (Wildman–Crippen LogP) is 5.00. The van der Waals surface area contributed by atoms with Gasteiger partial charge in [0.1, 0.15) is 17.0 Å². The van der Waals surface area contributed by atoms with E-state index in [1.165, 1.54) is 25.3 Å². The van der Waals surface area contributed by atoms with Gasteiger partial charge in [0.2, 0.25) is 0 Å². The van der Waals surface area contributed by atoms with Crippen LogP contribution in [-0.4, -0.2) is 43.2 Å². The average Bonchev–Trinajstić information content (AvgIpc) is 3.43. The van der Waals surface area contributed by atoms with Crippen LogP contribution in [0.4, 0.5) is 10.1 Å². The zero-order chi connectivity index (χ0) is 21.7. The van der Waals surface area contributed by atoms with Crippen molar-refractivity contribution in [3.8, 4) is 22.6 Å². The number of imidazole rings is 1.